The molecule has 120 valence electrons. The third kappa shape index (κ3) is 2.77. The average molecular weight is 333 g/mol. The number of hydrogen-bond acceptors (Lipinski definition) is 4. The van der Waals surface area contributed by atoms with E-state index in [1.165, 1.54) is 6.07 Å². The van der Waals surface area contributed by atoms with Crippen LogP contribution in [-0.4, -0.2) is 35.6 Å². The fraction of sp³-hybridized carbons (Fsp3) is 0.267. The van der Waals surface area contributed by atoms with Gasteiger partial charge in [-0.25, -0.2) is 14.3 Å². The molecule has 0 bridgehead atoms. The van der Waals surface area contributed by atoms with E-state index >= 15 is 0 Å². The van der Waals surface area contributed by atoms with Gasteiger partial charge in [0, 0.05) is 16.7 Å². The lowest BCUT2D eigenvalue weighted by Crippen LogP contribution is -2.16. The van der Waals surface area contributed by atoms with Crippen LogP contribution in [0.25, 0.3) is 16.6 Å². The van der Waals surface area contributed by atoms with Crippen LogP contribution in [-0.2, 0) is 10.8 Å². The second-order valence-electron chi connectivity index (χ2n) is 5.17. The summed E-state index contributed by atoms with van der Waals surface area (Å²) in [6, 6.07) is 6.21. The molecule has 1 atom stereocenters. The molecule has 0 spiro atoms. The molecular weight excluding hydrogens is 318 g/mol. The van der Waals surface area contributed by atoms with Crippen molar-refractivity contribution in [3.63, 3.8) is 0 Å². The molecule has 7 nitrogen and oxygen atoms in total. The zero-order chi connectivity index (χ0) is 16.6. The molecule has 2 N–H and O–H groups in total. The second-order valence-corrected chi connectivity index (χ2v) is 6.74. The van der Waals surface area contributed by atoms with Crippen molar-refractivity contribution >= 4 is 33.3 Å². The number of nitrogens with one attached hydrogen (secondary N) is 1. The molecule has 8 heteroatoms. The van der Waals surface area contributed by atoms with Gasteiger partial charge in [-0.1, -0.05) is 13.3 Å². The SMILES string of the molecule is CCCCS(=O)c1ccc2nc3cc(C(=O)O)[nH]n3c(=O)c2c1. The first-order valence-electron chi connectivity index (χ1n) is 7.18. The minimum absolute atomic E-state index is 0.114. The zero-order valence-corrected chi connectivity index (χ0v) is 13.2. The Balaban J connectivity index is 2.16. The van der Waals surface area contributed by atoms with Crippen molar-refractivity contribution in [3.05, 3.63) is 40.3 Å². The number of aromatic nitrogens is 3. The van der Waals surface area contributed by atoms with Gasteiger partial charge in [-0.3, -0.25) is 14.1 Å². The monoisotopic (exact) mass is 333 g/mol. The first kappa shape index (κ1) is 15.4. The number of rotatable bonds is 5. The molecular formula is C15H15N3O4S. The lowest BCUT2D eigenvalue weighted by molar-refractivity contribution is 0.0690. The van der Waals surface area contributed by atoms with Crippen molar-refractivity contribution in [2.45, 2.75) is 24.7 Å². The third-order valence-corrected chi connectivity index (χ3v) is 4.99. The number of benzene rings is 1. The molecule has 3 aromatic rings. The number of H-pyrrole nitrogens is 1. The van der Waals surface area contributed by atoms with E-state index in [2.05, 4.69) is 10.1 Å². The Hall–Kier alpha value is -2.48. The van der Waals surface area contributed by atoms with Gasteiger partial charge in [0.2, 0.25) is 0 Å². The van der Waals surface area contributed by atoms with Crippen molar-refractivity contribution < 1.29 is 14.1 Å². The summed E-state index contributed by atoms with van der Waals surface area (Å²) in [5.74, 6) is -0.620. The van der Waals surface area contributed by atoms with Gasteiger partial charge in [-0.2, -0.15) is 0 Å². The molecule has 0 fully saturated rings. The van der Waals surface area contributed by atoms with Crippen LogP contribution in [0.1, 0.15) is 30.3 Å². The van der Waals surface area contributed by atoms with Crippen LogP contribution in [0.2, 0.25) is 0 Å². The average Bonchev–Trinajstić information content (AvgIpc) is 2.97. The minimum Gasteiger partial charge on any atom is -0.477 e. The summed E-state index contributed by atoms with van der Waals surface area (Å²) in [7, 11) is -1.16. The number of aromatic carboxylic acids is 1. The van der Waals surface area contributed by atoms with Crippen LogP contribution < -0.4 is 5.56 Å². The Morgan fingerprint density at radius 3 is 2.87 bits per heavy atom. The lowest BCUT2D eigenvalue weighted by atomic mass is 10.2. The van der Waals surface area contributed by atoms with Gasteiger partial charge in [0.15, 0.2) is 5.65 Å². The molecule has 0 saturated heterocycles. The maximum Gasteiger partial charge on any atom is 0.353 e. The molecule has 0 aliphatic rings. The highest BCUT2D eigenvalue weighted by Crippen LogP contribution is 2.16. The van der Waals surface area contributed by atoms with Gasteiger partial charge in [-0.05, 0) is 24.6 Å². The van der Waals surface area contributed by atoms with E-state index in [1.807, 2.05) is 6.92 Å². The van der Waals surface area contributed by atoms with Crippen molar-refractivity contribution in [2.24, 2.45) is 0 Å². The van der Waals surface area contributed by atoms with Crippen molar-refractivity contribution in [2.75, 3.05) is 5.75 Å². The van der Waals surface area contributed by atoms with Gasteiger partial charge in [0.25, 0.3) is 5.56 Å². The summed E-state index contributed by atoms with van der Waals surface area (Å²) in [4.78, 5) is 28.4. The highest BCUT2D eigenvalue weighted by atomic mass is 32.2. The predicted octanol–water partition coefficient (Wildman–Crippen LogP) is 1.78. The van der Waals surface area contributed by atoms with Gasteiger partial charge in [-0.15, -0.1) is 0 Å². The number of unbranched alkanes of at least 4 members (excludes halogenated alkanes) is 1. The predicted molar refractivity (Wildman–Crippen MR) is 86.5 cm³/mol. The standard InChI is InChI=1S/C15H15N3O4S/c1-2-3-6-23(22)9-4-5-11-10(7-9)14(19)18-13(16-11)8-12(17-18)15(20)21/h4-5,7-8,17H,2-3,6H2,1H3,(H,20,21). The maximum absolute atomic E-state index is 12.5. The molecule has 2 heterocycles. The Morgan fingerprint density at radius 1 is 1.39 bits per heavy atom. The van der Waals surface area contributed by atoms with Crippen LogP contribution in [0.5, 0.6) is 0 Å². The number of aromatic amines is 1. The highest BCUT2D eigenvalue weighted by Gasteiger charge is 2.13. The number of nitrogens with zero attached hydrogens (tertiary/aromatic N) is 2. The molecule has 0 aliphatic heterocycles. The molecule has 23 heavy (non-hydrogen) atoms. The number of hydrogen-bond donors (Lipinski definition) is 2. The fourth-order valence-electron chi connectivity index (χ4n) is 2.31. The van der Waals surface area contributed by atoms with Gasteiger partial charge >= 0.3 is 5.97 Å². The Morgan fingerprint density at radius 2 is 2.17 bits per heavy atom. The molecule has 1 unspecified atom stereocenters. The molecule has 2 aromatic heterocycles. The summed E-state index contributed by atoms with van der Waals surface area (Å²) in [6.07, 6.45) is 1.80. The largest absolute Gasteiger partial charge is 0.477 e. The second kappa shape index (κ2) is 5.96. The van der Waals surface area contributed by atoms with Crippen molar-refractivity contribution in [1.29, 1.82) is 0 Å². The van der Waals surface area contributed by atoms with E-state index in [0.717, 1.165) is 17.4 Å². The molecule has 0 radical (unpaired) electrons. The summed E-state index contributed by atoms with van der Waals surface area (Å²) >= 11 is 0. The summed E-state index contributed by atoms with van der Waals surface area (Å²) in [6.45, 7) is 2.02. The van der Waals surface area contributed by atoms with E-state index in [9.17, 15) is 13.8 Å². The Kier molecular flexibility index (Phi) is 3.99. The van der Waals surface area contributed by atoms with E-state index in [-0.39, 0.29) is 11.3 Å². The number of fused-ring (bicyclic) bond motifs is 2. The molecule has 0 amide bonds. The summed E-state index contributed by atoms with van der Waals surface area (Å²) < 4.78 is 13.3. The third-order valence-electron chi connectivity index (χ3n) is 3.55. The molecule has 0 saturated carbocycles. The van der Waals surface area contributed by atoms with Gasteiger partial charge < -0.3 is 5.11 Å². The van der Waals surface area contributed by atoms with Crippen molar-refractivity contribution in [1.82, 2.24) is 14.6 Å². The van der Waals surface area contributed by atoms with Crippen LogP contribution in [0.4, 0.5) is 0 Å². The van der Waals surface area contributed by atoms with E-state index in [0.29, 0.717) is 21.6 Å². The lowest BCUT2D eigenvalue weighted by Gasteiger charge is -2.03. The van der Waals surface area contributed by atoms with E-state index in [1.54, 1.807) is 18.2 Å². The summed E-state index contributed by atoms with van der Waals surface area (Å²) in [5, 5.41) is 11.8. The molecule has 3 rings (SSSR count). The quantitative estimate of drug-likeness (QED) is 0.740. The van der Waals surface area contributed by atoms with Crippen LogP contribution >= 0.6 is 0 Å². The fourth-order valence-corrected chi connectivity index (χ4v) is 3.57. The maximum atomic E-state index is 12.5. The van der Waals surface area contributed by atoms with E-state index in [4.69, 9.17) is 5.11 Å². The summed E-state index contributed by atoms with van der Waals surface area (Å²) in [5.41, 5.74) is 0.158. The number of carboxylic acid groups (broad SMARTS) is 1. The van der Waals surface area contributed by atoms with Crippen LogP contribution in [0, 0.1) is 0 Å². The Bertz CT molecular complexity index is 989. The molecule has 1 aromatic carbocycles. The van der Waals surface area contributed by atoms with E-state index < -0.39 is 22.3 Å². The number of carbonyl (C=O) groups is 1. The zero-order valence-electron chi connectivity index (χ0n) is 12.4. The Labute approximate surface area is 133 Å². The smallest absolute Gasteiger partial charge is 0.353 e. The van der Waals surface area contributed by atoms with Gasteiger partial charge in [0.05, 0.1) is 21.7 Å². The number of carboxylic acids is 1. The minimum atomic E-state index is -1.17. The van der Waals surface area contributed by atoms with Crippen molar-refractivity contribution in [3.8, 4) is 0 Å². The van der Waals surface area contributed by atoms with Crippen LogP contribution in [0.15, 0.2) is 34.0 Å². The first-order chi connectivity index (χ1) is 11.0. The molecule has 0 aliphatic carbocycles. The topological polar surface area (TPSA) is 105 Å². The van der Waals surface area contributed by atoms with Crippen LogP contribution in [0.3, 0.4) is 0 Å². The van der Waals surface area contributed by atoms with Gasteiger partial charge in [0.1, 0.15) is 5.69 Å². The normalized spacial score (nSPS) is 12.7. The first-order valence-corrected chi connectivity index (χ1v) is 8.50. The highest BCUT2D eigenvalue weighted by molar-refractivity contribution is 7.85.